The first-order chi connectivity index (χ1) is 9.57. The Bertz CT molecular complexity index is 726. The first-order valence-corrected chi connectivity index (χ1v) is 8.22. The molecule has 0 aromatic heterocycles. The summed E-state index contributed by atoms with van der Waals surface area (Å²) in [5.74, 6) is 0. The van der Waals surface area contributed by atoms with E-state index < -0.39 is 10.0 Å². The van der Waals surface area contributed by atoms with Crippen molar-refractivity contribution in [1.82, 2.24) is 4.31 Å². The minimum Gasteiger partial charge on any atom is -0.207 e. The van der Waals surface area contributed by atoms with Gasteiger partial charge in [0.2, 0.25) is 10.0 Å². The van der Waals surface area contributed by atoms with Crippen molar-refractivity contribution in [2.45, 2.75) is 17.9 Å². The third-order valence-electron chi connectivity index (χ3n) is 3.55. The number of nitrogens with zero attached hydrogens (tertiary/aromatic N) is 1. The Labute approximate surface area is 123 Å². The topological polar surface area (TPSA) is 37.4 Å². The van der Waals surface area contributed by atoms with Gasteiger partial charge in [-0.3, -0.25) is 0 Å². The number of benzene rings is 2. The Morgan fingerprint density at radius 3 is 2.30 bits per heavy atom. The number of sulfonamides is 1. The lowest BCUT2D eigenvalue weighted by atomic mass is 10.0. The third-order valence-corrected chi connectivity index (χ3v) is 5.66. The molecule has 3 nitrogen and oxygen atoms in total. The molecule has 0 atom stereocenters. The maximum absolute atomic E-state index is 12.6. The number of rotatable bonds is 2. The second-order valence-corrected chi connectivity index (χ2v) is 7.19. The molecule has 0 amide bonds. The second kappa shape index (κ2) is 5.20. The lowest BCUT2D eigenvalue weighted by molar-refractivity contribution is 0.391. The molecule has 1 aliphatic heterocycles. The summed E-state index contributed by atoms with van der Waals surface area (Å²) in [7, 11) is -3.45. The fraction of sp³-hybridized carbons (Fsp3) is 0.200. The maximum atomic E-state index is 12.6. The molecule has 1 aliphatic rings. The molecule has 0 saturated heterocycles. The van der Waals surface area contributed by atoms with Crippen LogP contribution in [0.4, 0.5) is 0 Å². The van der Waals surface area contributed by atoms with Crippen LogP contribution in [-0.4, -0.2) is 19.3 Å². The van der Waals surface area contributed by atoms with Crippen molar-refractivity contribution in [2.75, 3.05) is 6.54 Å². The fourth-order valence-electron chi connectivity index (χ4n) is 2.43. The van der Waals surface area contributed by atoms with E-state index in [1.165, 1.54) is 9.87 Å². The van der Waals surface area contributed by atoms with Gasteiger partial charge in [-0.1, -0.05) is 35.9 Å². The van der Waals surface area contributed by atoms with E-state index in [2.05, 4.69) is 6.07 Å². The van der Waals surface area contributed by atoms with Gasteiger partial charge in [-0.2, -0.15) is 4.31 Å². The standard InChI is InChI=1S/C15H14ClNO2S/c16-14-5-7-15(8-6-14)20(18,19)17-10-9-12-3-1-2-4-13(12)11-17/h1-8H,9-11H2. The molecule has 0 bridgehead atoms. The fourth-order valence-corrected chi connectivity index (χ4v) is 3.98. The Balaban J connectivity index is 1.92. The Hall–Kier alpha value is -1.36. The molecule has 104 valence electrons. The van der Waals surface area contributed by atoms with Crippen LogP contribution in [0.1, 0.15) is 11.1 Å². The van der Waals surface area contributed by atoms with Gasteiger partial charge in [-0.15, -0.1) is 0 Å². The minimum absolute atomic E-state index is 0.293. The summed E-state index contributed by atoms with van der Waals surface area (Å²) in [6, 6.07) is 14.3. The van der Waals surface area contributed by atoms with Crippen LogP contribution in [0.2, 0.25) is 5.02 Å². The Morgan fingerprint density at radius 1 is 0.950 bits per heavy atom. The molecule has 2 aromatic carbocycles. The minimum atomic E-state index is -3.45. The third kappa shape index (κ3) is 2.46. The first-order valence-electron chi connectivity index (χ1n) is 6.40. The quantitative estimate of drug-likeness (QED) is 0.855. The highest BCUT2D eigenvalue weighted by molar-refractivity contribution is 7.89. The van der Waals surface area contributed by atoms with Crippen LogP contribution in [0.15, 0.2) is 53.4 Å². The van der Waals surface area contributed by atoms with E-state index in [9.17, 15) is 8.42 Å². The molecule has 2 aromatic rings. The summed E-state index contributed by atoms with van der Waals surface area (Å²) in [4.78, 5) is 0.293. The number of hydrogen-bond donors (Lipinski definition) is 0. The molecule has 0 spiro atoms. The highest BCUT2D eigenvalue weighted by Crippen LogP contribution is 2.25. The molecule has 0 fully saturated rings. The highest BCUT2D eigenvalue weighted by atomic mass is 35.5. The SMILES string of the molecule is O=S(=O)(c1ccc(Cl)cc1)N1CCc2ccccc2C1. The van der Waals surface area contributed by atoms with Gasteiger partial charge in [0.15, 0.2) is 0 Å². The van der Waals surface area contributed by atoms with E-state index >= 15 is 0 Å². The van der Waals surface area contributed by atoms with Gasteiger partial charge >= 0.3 is 0 Å². The molecule has 0 saturated carbocycles. The van der Waals surface area contributed by atoms with Gasteiger partial charge in [0.1, 0.15) is 0 Å². The maximum Gasteiger partial charge on any atom is 0.243 e. The van der Waals surface area contributed by atoms with Crippen LogP contribution >= 0.6 is 11.6 Å². The van der Waals surface area contributed by atoms with E-state index in [1.807, 2.05) is 18.2 Å². The molecule has 0 radical (unpaired) electrons. The van der Waals surface area contributed by atoms with Crippen molar-refractivity contribution >= 4 is 21.6 Å². The van der Waals surface area contributed by atoms with Crippen molar-refractivity contribution in [3.05, 3.63) is 64.7 Å². The van der Waals surface area contributed by atoms with E-state index in [0.717, 1.165) is 12.0 Å². The molecule has 0 aliphatic carbocycles. The molecule has 0 unspecified atom stereocenters. The zero-order chi connectivity index (χ0) is 14.2. The molecule has 1 heterocycles. The van der Waals surface area contributed by atoms with Crippen molar-refractivity contribution in [1.29, 1.82) is 0 Å². The van der Waals surface area contributed by atoms with Gasteiger partial charge in [0.05, 0.1) is 4.90 Å². The summed E-state index contributed by atoms with van der Waals surface area (Å²) >= 11 is 5.81. The van der Waals surface area contributed by atoms with Crippen LogP contribution in [0.5, 0.6) is 0 Å². The molecule has 3 rings (SSSR count). The summed E-state index contributed by atoms with van der Waals surface area (Å²) in [6.07, 6.45) is 0.753. The molecule has 5 heteroatoms. The van der Waals surface area contributed by atoms with Crippen molar-refractivity contribution in [2.24, 2.45) is 0 Å². The first kappa shape index (κ1) is 13.6. The Kier molecular flexibility index (Phi) is 3.54. The van der Waals surface area contributed by atoms with Crippen LogP contribution in [0, 0.1) is 0 Å². The highest BCUT2D eigenvalue weighted by Gasteiger charge is 2.27. The smallest absolute Gasteiger partial charge is 0.207 e. The number of fused-ring (bicyclic) bond motifs is 1. The average Bonchev–Trinajstić information content (AvgIpc) is 2.47. The van der Waals surface area contributed by atoms with Crippen molar-refractivity contribution < 1.29 is 8.42 Å². The summed E-state index contributed by atoms with van der Waals surface area (Å²) in [5.41, 5.74) is 2.31. The van der Waals surface area contributed by atoms with E-state index in [1.54, 1.807) is 24.3 Å². The average molecular weight is 308 g/mol. The summed E-state index contributed by atoms with van der Waals surface area (Å²) in [5, 5.41) is 0.535. The molecular weight excluding hydrogens is 294 g/mol. The largest absolute Gasteiger partial charge is 0.243 e. The van der Waals surface area contributed by atoms with E-state index in [-0.39, 0.29) is 0 Å². The zero-order valence-corrected chi connectivity index (χ0v) is 12.4. The Morgan fingerprint density at radius 2 is 1.60 bits per heavy atom. The monoisotopic (exact) mass is 307 g/mol. The second-order valence-electron chi connectivity index (χ2n) is 4.81. The predicted molar refractivity (Wildman–Crippen MR) is 79.2 cm³/mol. The van der Waals surface area contributed by atoms with Gasteiger partial charge < -0.3 is 0 Å². The van der Waals surface area contributed by atoms with Crippen LogP contribution in [0.25, 0.3) is 0 Å². The van der Waals surface area contributed by atoms with Gasteiger partial charge in [-0.25, -0.2) is 8.42 Å². The molecular formula is C15H14ClNO2S. The summed E-state index contributed by atoms with van der Waals surface area (Å²) in [6.45, 7) is 0.948. The van der Waals surface area contributed by atoms with Crippen LogP contribution < -0.4 is 0 Å². The van der Waals surface area contributed by atoms with Crippen molar-refractivity contribution in [3.63, 3.8) is 0 Å². The normalized spacial score (nSPS) is 15.8. The predicted octanol–water partition coefficient (Wildman–Crippen LogP) is 3.09. The van der Waals surface area contributed by atoms with Crippen LogP contribution in [0.3, 0.4) is 0 Å². The molecule has 0 N–H and O–H groups in total. The van der Waals surface area contributed by atoms with E-state index in [4.69, 9.17) is 11.6 Å². The van der Waals surface area contributed by atoms with Crippen molar-refractivity contribution in [3.8, 4) is 0 Å². The van der Waals surface area contributed by atoms with Gasteiger partial charge in [-0.05, 0) is 41.8 Å². The zero-order valence-electron chi connectivity index (χ0n) is 10.8. The van der Waals surface area contributed by atoms with E-state index in [0.29, 0.717) is 23.0 Å². The van der Waals surface area contributed by atoms with Gasteiger partial charge in [0.25, 0.3) is 0 Å². The number of hydrogen-bond acceptors (Lipinski definition) is 2. The summed E-state index contributed by atoms with van der Waals surface area (Å²) < 4.78 is 26.7. The molecule has 20 heavy (non-hydrogen) atoms. The lowest BCUT2D eigenvalue weighted by Gasteiger charge is -2.28. The van der Waals surface area contributed by atoms with Gasteiger partial charge in [0, 0.05) is 18.1 Å². The number of halogens is 1. The van der Waals surface area contributed by atoms with Crippen LogP contribution in [-0.2, 0) is 23.0 Å². The lowest BCUT2D eigenvalue weighted by Crippen LogP contribution is -2.35.